The zero-order valence-corrected chi connectivity index (χ0v) is 23.3. The predicted molar refractivity (Wildman–Crippen MR) is 154 cm³/mol. The van der Waals surface area contributed by atoms with E-state index in [0.717, 1.165) is 23.0 Å². The Balaban J connectivity index is 0.000000962. The van der Waals surface area contributed by atoms with Crippen molar-refractivity contribution in [3.05, 3.63) is 109 Å². The van der Waals surface area contributed by atoms with Gasteiger partial charge in [0.15, 0.2) is 0 Å². The predicted octanol–water partition coefficient (Wildman–Crippen LogP) is 8.58. The highest BCUT2D eigenvalue weighted by Gasteiger charge is 2.19. The van der Waals surface area contributed by atoms with Crippen molar-refractivity contribution in [3.8, 4) is 11.1 Å². The molecule has 3 aromatic rings. The molecule has 4 nitrogen and oxygen atoms in total. The van der Waals surface area contributed by atoms with Gasteiger partial charge >= 0.3 is 0 Å². The third-order valence-corrected chi connectivity index (χ3v) is 3.83. The number of aliphatic hydroxyl groups excluding tert-OH is 1. The van der Waals surface area contributed by atoms with Crippen molar-refractivity contribution < 1.29 is 23.1 Å². The summed E-state index contributed by atoms with van der Waals surface area (Å²) in [6, 6.07) is 15.4. The van der Waals surface area contributed by atoms with Gasteiger partial charge in [-0.2, -0.15) is 0 Å². The fourth-order valence-electron chi connectivity index (χ4n) is 2.54. The second kappa shape index (κ2) is 16.8. The molecule has 0 fully saturated rings. The van der Waals surface area contributed by atoms with Crippen LogP contribution in [-0.2, 0) is 0 Å². The van der Waals surface area contributed by atoms with Gasteiger partial charge in [0.1, 0.15) is 23.0 Å². The molecule has 0 heterocycles. The summed E-state index contributed by atoms with van der Waals surface area (Å²) >= 11 is 0. The maximum Gasteiger partial charge on any atom is 0.261 e. The maximum absolute atomic E-state index is 13.7. The lowest BCUT2D eigenvalue weighted by Crippen LogP contribution is -2.16. The number of carbonyl (C=O) groups excluding carboxylic acids is 1. The molecule has 0 saturated heterocycles. The first kappa shape index (κ1) is 34.2. The summed E-state index contributed by atoms with van der Waals surface area (Å²) in [4.78, 5) is 14.2. The Bertz CT molecular complexity index is 1140. The van der Waals surface area contributed by atoms with E-state index in [1.165, 1.54) is 0 Å². The van der Waals surface area contributed by atoms with Gasteiger partial charge in [0.25, 0.3) is 5.91 Å². The van der Waals surface area contributed by atoms with E-state index in [-0.39, 0.29) is 0 Å². The molecule has 7 heteroatoms. The highest BCUT2D eigenvalue weighted by Crippen LogP contribution is 2.24. The summed E-state index contributed by atoms with van der Waals surface area (Å²) in [5, 5.41) is 9.77. The smallest absolute Gasteiger partial charge is 0.261 e. The number of carbonyl (C=O) groups is 1. The van der Waals surface area contributed by atoms with E-state index >= 15 is 0 Å². The quantitative estimate of drug-likeness (QED) is 0.334. The number of aliphatic hydroxyl groups is 1. The number of rotatable bonds is 4. The first-order chi connectivity index (χ1) is 17.6. The molecular weight excluding hydrogens is 489 g/mol. The molecule has 0 saturated carbocycles. The van der Waals surface area contributed by atoms with E-state index < -0.39 is 28.9 Å². The Morgan fingerprint density at radius 2 is 1.32 bits per heavy atom. The number of hydrogen-bond donors (Lipinski definition) is 2. The van der Waals surface area contributed by atoms with Crippen LogP contribution in [0.2, 0.25) is 0 Å². The van der Waals surface area contributed by atoms with Crippen LogP contribution in [0.5, 0.6) is 0 Å². The van der Waals surface area contributed by atoms with Gasteiger partial charge in [-0.15, -0.1) is 0 Å². The second-order valence-corrected chi connectivity index (χ2v) is 10.1. The van der Waals surface area contributed by atoms with Crippen LogP contribution in [0.25, 0.3) is 17.2 Å². The van der Waals surface area contributed by atoms with Crippen molar-refractivity contribution in [2.75, 3.05) is 26.5 Å². The number of hydrogen-bond acceptors (Lipinski definition) is 3. The van der Waals surface area contributed by atoms with Crippen molar-refractivity contribution >= 4 is 17.7 Å². The third-order valence-electron chi connectivity index (χ3n) is 3.83. The lowest BCUT2D eigenvalue weighted by molar-refractivity contribution is 0.101. The van der Waals surface area contributed by atoms with Crippen LogP contribution in [-0.4, -0.2) is 37.1 Å². The van der Waals surface area contributed by atoms with Gasteiger partial charge in [0.05, 0.1) is 6.26 Å². The molecule has 206 valence electrons. The average molecular weight is 529 g/mol. The number of amides is 1. The van der Waals surface area contributed by atoms with E-state index in [4.69, 9.17) is 5.11 Å². The van der Waals surface area contributed by atoms with Crippen molar-refractivity contribution in [3.63, 3.8) is 0 Å². The summed E-state index contributed by atoms with van der Waals surface area (Å²) in [5.74, 6) is -4.58. The molecule has 3 rings (SSSR count). The standard InChI is InChI=1S/C21H14F3NO.C5H12.C3H9N.C2H4O/c1-2-13-6-8-14(9-7-13)15-4-3-5-17(10-15)25-21(26)20-18(23)11-16(22)12-19(20)24;1-5(2,3)4;1-4(2)3;1-2-3/h2-12H,1H2,(H,25,26);1-4H3;1-3H3;2-3H,1H2. The minimum Gasteiger partial charge on any atom is -0.516 e. The third kappa shape index (κ3) is 14.7. The summed E-state index contributed by atoms with van der Waals surface area (Å²) in [6.07, 6.45) is 2.48. The van der Waals surface area contributed by atoms with Crippen molar-refractivity contribution in [2.24, 2.45) is 5.41 Å². The zero-order valence-electron chi connectivity index (χ0n) is 23.3. The van der Waals surface area contributed by atoms with Crippen LogP contribution in [0.15, 0.2) is 80.1 Å². The number of nitrogens with one attached hydrogen (secondary N) is 1. The molecule has 0 spiro atoms. The molecule has 0 aliphatic heterocycles. The summed E-state index contributed by atoms with van der Waals surface area (Å²) < 4.78 is 40.4. The van der Waals surface area contributed by atoms with Gasteiger partial charge < -0.3 is 15.3 Å². The summed E-state index contributed by atoms with van der Waals surface area (Å²) in [7, 11) is 6.00. The van der Waals surface area contributed by atoms with Crippen molar-refractivity contribution in [1.82, 2.24) is 4.90 Å². The normalized spacial score (nSPS) is 9.97. The SMILES string of the molecule is C=CO.C=Cc1ccc(-c2cccc(NC(=O)c3c(F)cc(F)cc3F)c2)cc1.CC(C)(C)C.CN(C)C. The van der Waals surface area contributed by atoms with Crippen molar-refractivity contribution in [2.45, 2.75) is 27.7 Å². The van der Waals surface area contributed by atoms with Crippen LogP contribution in [0, 0.1) is 22.9 Å². The van der Waals surface area contributed by atoms with E-state index in [1.807, 2.05) is 56.4 Å². The Kier molecular flexibility index (Phi) is 15.1. The minimum atomic E-state index is -1.25. The fraction of sp³-hybridized carbons (Fsp3) is 0.258. The Labute approximate surface area is 225 Å². The van der Waals surface area contributed by atoms with Crippen LogP contribution in [0.1, 0.15) is 43.6 Å². The molecule has 0 aliphatic rings. The topological polar surface area (TPSA) is 52.6 Å². The second-order valence-electron chi connectivity index (χ2n) is 10.1. The first-order valence-corrected chi connectivity index (χ1v) is 11.8. The lowest BCUT2D eigenvalue weighted by atomic mass is 10.0. The molecule has 3 aromatic carbocycles. The molecule has 0 atom stereocenters. The molecule has 1 amide bonds. The Morgan fingerprint density at radius 1 is 0.868 bits per heavy atom. The molecule has 2 N–H and O–H groups in total. The van der Waals surface area contributed by atoms with Gasteiger partial charge in [-0.05, 0) is 55.4 Å². The number of halogens is 3. The van der Waals surface area contributed by atoms with Crippen LogP contribution < -0.4 is 5.32 Å². The maximum atomic E-state index is 13.7. The average Bonchev–Trinajstić information content (AvgIpc) is 2.78. The van der Waals surface area contributed by atoms with E-state index in [2.05, 4.69) is 46.2 Å². The van der Waals surface area contributed by atoms with Crippen LogP contribution in [0.3, 0.4) is 0 Å². The van der Waals surface area contributed by atoms with Gasteiger partial charge in [-0.3, -0.25) is 4.79 Å². The Hall–Kier alpha value is -3.84. The minimum absolute atomic E-state index is 0.364. The monoisotopic (exact) mass is 528 g/mol. The lowest BCUT2D eigenvalue weighted by Gasteiger charge is -2.09. The van der Waals surface area contributed by atoms with Gasteiger partial charge in [-0.25, -0.2) is 13.2 Å². The summed E-state index contributed by atoms with van der Waals surface area (Å²) in [5.41, 5.74) is 2.74. The molecule has 0 unspecified atom stereocenters. The van der Waals surface area contributed by atoms with Crippen molar-refractivity contribution in [1.29, 1.82) is 0 Å². The highest BCUT2D eigenvalue weighted by atomic mass is 19.1. The number of benzene rings is 3. The molecule has 0 radical (unpaired) electrons. The molecule has 38 heavy (non-hydrogen) atoms. The molecule has 0 aromatic heterocycles. The fourth-order valence-corrected chi connectivity index (χ4v) is 2.54. The summed E-state index contributed by atoms with van der Waals surface area (Å²) in [6.45, 7) is 15.4. The van der Waals surface area contributed by atoms with Gasteiger partial charge in [0.2, 0.25) is 0 Å². The number of anilines is 1. The van der Waals surface area contributed by atoms with E-state index in [0.29, 0.717) is 23.2 Å². The first-order valence-electron chi connectivity index (χ1n) is 11.8. The number of nitrogens with zero attached hydrogens (tertiary/aromatic N) is 1. The Morgan fingerprint density at radius 3 is 1.74 bits per heavy atom. The van der Waals surface area contributed by atoms with Crippen LogP contribution in [0.4, 0.5) is 18.9 Å². The largest absolute Gasteiger partial charge is 0.516 e. The van der Waals surface area contributed by atoms with E-state index in [1.54, 1.807) is 24.3 Å². The molecule has 0 bridgehead atoms. The molecule has 0 aliphatic carbocycles. The zero-order chi connectivity index (χ0) is 29.5. The highest BCUT2D eigenvalue weighted by molar-refractivity contribution is 6.04. The van der Waals surface area contributed by atoms with Gasteiger partial charge in [-0.1, -0.05) is 83.3 Å². The molecular formula is C31H39F3N2O2. The van der Waals surface area contributed by atoms with E-state index in [9.17, 15) is 18.0 Å². The van der Waals surface area contributed by atoms with Gasteiger partial charge in [0, 0.05) is 17.8 Å². The van der Waals surface area contributed by atoms with Crippen LogP contribution >= 0.6 is 0 Å².